The molecular formula is C13H7F2IN2O3. The Labute approximate surface area is 131 Å². The molecule has 0 aliphatic heterocycles. The number of carbonyl (C=O) groups excluding carboxylic acids is 1. The van der Waals surface area contributed by atoms with Gasteiger partial charge in [0.25, 0.3) is 11.6 Å². The maximum absolute atomic E-state index is 13.2. The van der Waals surface area contributed by atoms with Gasteiger partial charge in [-0.15, -0.1) is 0 Å². The average Bonchev–Trinajstić information content (AvgIpc) is 2.43. The fourth-order valence-corrected chi connectivity index (χ4v) is 1.96. The van der Waals surface area contributed by atoms with E-state index >= 15 is 0 Å². The summed E-state index contributed by atoms with van der Waals surface area (Å²) in [5.41, 5.74) is -0.950. The molecule has 0 aromatic heterocycles. The van der Waals surface area contributed by atoms with Gasteiger partial charge in [-0.25, -0.2) is 8.78 Å². The van der Waals surface area contributed by atoms with Crippen molar-refractivity contribution in [3.05, 3.63) is 67.3 Å². The number of amides is 1. The molecule has 8 heteroatoms. The normalized spacial score (nSPS) is 10.2. The topological polar surface area (TPSA) is 72.2 Å². The molecule has 0 heterocycles. The van der Waals surface area contributed by atoms with E-state index < -0.39 is 33.7 Å². The number of halogens is 3. The number of rotatable bonds is 3. The van der Waals surface area contributed by atoms with E-state index in [-0.39, 0.29) is 0 Å². The van der Waals surface area contributed by atoms with Crippen LogP contribution in [0, 0.1) is 25.3 Å². The number of hydrogen-bond acceptors (Lipinski definition) is 3. The highest BCUT2D eigenvalue weighted by Gasteiger charge is 2.24. The van der Waals surface area contributed by atoms with Crippen molar-refractivity contribution < 1.29 is 18.5 Å². The Hall–Kier alpha value is -2.10. The van der Waals surface area contributed by atoms with Crippen molar-refractivity contribution in [1.82, 2.24) is 0 Å². The van der Waals surface area contributed by atoms with Gasteiger partial charge in [-0.3, -0.25) is 14.9 Å². The Morgan fingerprint density at radius 2 is 1.71 bits per heavy atom. The van der Waals surface area contributed by atoms with Gasteiger partial charge in [0.1, 0.15) is 5.56 Å². The first-order valence-corrected chi connectivity index (χ1v) is 6.66. The fraction of sp³-hybridized carbons (Fsp3) is 0. The monoisotopic (exact) mass is 404 g/mol. The first kappa shape index (κ1) is 15.3. The SMILES string of the molecule is O=C(Nc1ccc(I)cc1)c1cc(F)c(F)cc1[N+](=O)[O-]. The highest BCUT2D eigenvalue weighted by molar-refractivity contribution is 14.1. The lowest BCUT2D eigenvalue weighted by Crippen LogP contribution is -2.14. The second kappa shape index (κ2) is 6.12. The summed E-state index contributed by atoms with van der Waals surface area (Å²) in [6.07, 6.45) is 0. The molecule has 0 saturated heterocycles. The van der Waals surface area contributed by atoms with Crippen LogP contribution in [-0.2, 0) is 0 Å². The molecule has 0 saturated carbocycles. The number of carbonyl (C=O) groups is 1. The van der Waals surface area contributed by atoms with Crippen LogP contribution in [0.5, 0.6) is 0 Å². The van der Waals surface area contributed by atoms with E-state index in [9.17, 15) is 23.7 Å². The van der Waals surface area contributed by atoms with E-state index in [0.717, 1.165) is 3.57 Å². The van der Waals surface area contributed by atoms with Crippen molar-refractivity contribution in [3.8, 4) is 0 Å². The lowest BCUT2D eigenvalue weighted by atomic mass is 10.1. The lowest BCUT2D eigenvalue weighted by Gasteiger charge is -2.06. The third kappa shape index (κ3) is 3.51. The number of nitro benzene ring substituents is 1. The number of anilines is 1. The Kier molecular flexibility index (Phi) is 4.46. The summed E-state index contributed by atoms with van der Waals surface area (Å²) in [5.74, 6) is -3.59. The molecule has 21 heavy (non-hydrogen) atoms. The number of nitrogens with one attached hydrogen (secondary N) is 1. The maximum atomic E-state index is 13.2. The minimum atomic E-state index is -1.38. The predicted octanol–water partition coefficient (Wildman–Crippen LogP) is 3.73. The van der Waals surface area contributed by atoms with Crippen molar-refractivity contribution in [2.45, 2.75) is 0 Å². The van der Waals surface area contributed by atoms with E-state index in [1.54, 1.807) is 24.3 Å². The van der Waals surface area contributed by atoms with Gasteiger partial charge in [-0.05, 0) is 52.9 Å². The van der Waals surface area contributed by atoms with E-state index in [1.165, 1.54) is 0 Å². The van der Waals surface area contributed by atoms with Crippen molar-refractivity contribution in [2.75, 3.05) is 5.32 Å². The van der Waals surface area contributed by atoms with Gasteiger partial charge in [-0.2, -0.15) is 0 Å². The van der Waals surface area contributed by atoms with Crippen LogP contribution in [0.2, 0.25) is 0 Å². The number of benzene rings is 2. The number of hydrogen-bond donors (Lipinski definition) is 1. The van der Waals surface area contributed by atoms with Crippen molar-refractivity contribution in [3.63, 3.8) is 0 Å². The van der Waals surface area contributed by atoms with Gasteiger partial charge in [0, 0.05) is 9.26 Å². The lowest BCUT2D eigenvalue weighted by molar-refractivity contribution is -0.385. The molecule has 2 aromatic rings. The summed E-state index contributed by atoms with van der Waals surface area (Å²) in [6, 6.07) is 7.51. The van der Waals surface area contributed by atoms with Crippen LogP contribution in [0.3, 0.4) is 0 Å². The quantitative estimate of drug-likeness (QED) is 0.482. The molecule has 1 amide bonds. The molecular weight excluding hydrogens is 397 g/mol. The minimum Gasteiger partial charge on any atom is -0.322 e. The average molecular weight is 404 g/mol. The first-order valence-electron chi connectivity index (χ1n) is 5.59. The zero-order valence-electron chi connectivity index (χ0n) is 10.3. The van der Waals surface area contributed by atoms with Crippen LogP contribution in [0.25, 0.3) is 0 Å². The smallest absolute Gasteiger partial charge is 0.285 e. The Balaban J connectivity index is 2.36. The van der Waals surface area contributed by atoms with E-state index in [1.807, 2.05) is 0 Å². The summed E-state index contributed by atoms with van der Waals surface area (Å²) >= 11 is 2.07. The van der Waals surface area contributed by atoms with E-state index in [2.05, 4.69) is 27.9 Å². The third-order valence-corrected chi connectivity index (χ3v) is 3.30. The molecule has 0 spiro atoms. The molecule has 0 radical (unpaired) electrons. The zero-order valence-corrected chi connectivity index (χ0v) is 12.4. The number of nitro groups is 1. The maximum Gasteiger partial charge on any atom is 0.285 e. The molecule has 0 bridgehead atoms. The van der Waals surface area contributed by atoms with Gasteiger partial charge in [-0.1, -0.05) is 0 Å². The van der Waals surface area contributed by atoms with E-state index in [0.29, 0.717) is 17.8 Å². The van der Waals surface area contributed by atoms with Crippen LogP contribution in [0.1, 0.15) is 10.4 Å². The summed E-state index contributed by atoms with van der Waals surface area (Å²) in [7, 11) is 0. The van der Waals surface area contributed by atoms with Crippen LogP contribution < -0.4 is 5.32 Å². The molecule has 0 atom stereocenters. The van der Waals surface area contributed by atoms with Crippen LogP contribution in [0.15, 0.2) is 36.4 Å². The van der Waals surface area contributed by atoms with Crippen molar-refractivity contribution in [1.29, 1.82) is 0 Å². The van der Waals surface area contributed by atoms with Gasteiger partial charge in [0.15, 0.2) is 11.6 Å². The van der Waals surface area contributed by atoms with Crippen molar-refractivity contribution >= 4 is 39.9 Å². The Bertz CT molecular complexity index is 720. The van der Waals surface area contributed by atoms with Crippen LogP contribution in [0.4, 0.5) is 20.2 Å². The standard InChI is InChI=1S/C13H7F2IN2O3/c14-10-5-9(12(18(20)21)6-11(10)15)13(19)17-8-3-1-7(16)2-4-8/h1-6H,(H,17,19). The van der Waals surface area contributed by atoms with E-state index in [4.69, 9.17) is 0 Å². The highest BCUT2D eigenvalue weighted by Crippen LogP contribution is 2.23. The molecule has 5 nitrogen and oxygen atoms in total. The summed E-state index contributed by atoms with van der Waals surface area (Å²) in [5, 5.41) is 13.2. The molecule has 0 aliphatic rings. The van der Waals surface area contributed by atoms with Gasteiger partial charge >= 0.3 is 0 Å². The molecule has 2 aromatic carbocycles. The fourth-order valence-electron chi connectivity index (χ4n) is 1.60. The van der Waals surface area contributed by atoms with Gasteiger partial charge < -0.3 is 5.32 Å². The van der Waals surface area contributed by atoms with Crippen LogP contribution >= 0.6 is 22.6 Å². The van der Waals surface area contributed by atoms with Crippen LogP contribution in [-0.4, -0.2) is 10.8 Å². The molecule has 0 fully saturated rings. The molecule has 0 unspecified atom stereocenters. The second-order valence-electron chi connectivity index (χ2n) is 4.00. The highest BCUT2D eigenvalue weighted by atomic mass is 127. The summed E-state index contributed by atoms with van der Waals surface area (Å²) in [6.45, 7) is 0. The molecule has 1 N–H and O–H groups in total. The van der Waals surface area contributed by atoms with Crippen molar-refractivity contribution in [2.24, 2.45) is 0 Å². The van der Waals surface area contributed by atoms with Gasteiger partial charge in [0.2, 0.25) is 0 Å². The summed E-state index contributed by atoms with van der Waals surface area (Å²) in [4.78, 5) is 21.9. The predicted molar refractivity (Wildman–Crippen MR) is 80.1 cm³/mol. The summed E-state index contributed by atoms with van der Waals surface area (Å²) < 4.78 is 27.2. The third-order valence-electron chi connectivity index (χ3n) is 2.58. The molecule has 108 valence electrons. The Morgan fingerprint density at radius 3 is 2.29 bits per heavy atom. The largest absolute Gasteiger partial charge is 0.322 e. The van der Waals surface area contributed by atoms with Gasteiger partial charge in [0.05, 0.1) is 11.0 Å². The minimum absolute atomic E-state index is 0.387. The molecule has 0 aliphatic carbocycles. The number of nitrogens with zero attached hydrogens (tertiary/aromatic N) is 1. The second-order valence-corrected chi connectivity index (χ2v) is 5.25. The molecule has 2 rings (SSSR count). The zero-order chi connectivity index (χ0) is 15.6. The Morgan fingerprint density at radius 1 is 1.14 bits per heavy atom. The first-order chi connectivity index (χ1) is 9.88.